The van der Waals surface area contributed by atoms with Crippen molar-refractivity contribution in [2.75, 3.05) is 48.1 Å². The summed E-state index contributed by atoms with van der Waals surface area (Å²) >= 11 is 0. The first-order chi connectivity index (χ1) is 32.0. The number of carbonyl (C=O) groups excluding carboxylic acids is 6. The van der Waals surface area contributed by atoms with Gasteiger partial charge >= 0.3 is 0 Å². The molecule has 3 amide bonds. The molecular formula is C49H71N7O12. The molecule has 0 fully saturated rings. The van der Waals surface area contributed by atoms with E-state index >= 15 is 0 Å². The molecule has 0 radical (unpaired) electrons. The Kier molecular flexibility index (Phi) is 21.2. The second-order valence-corrected chi connectivity index (χ2v) is 17.4. The number of ketones is 3. The third-order valence-electron chi connectivity index (χ3n) is 11.3. The smallest absolute Gasteiger partial charge is 0.240 e. The number of rotatable bonds is 15. The predicted octanol–water partition coefficient (Wildman–Crippen LogP) is 4.00. The van der Waals surface area contributed by atoms with Crippen LogP contribution < -0.4 is 51.4 Å². The topological polar surface area (TPSA) is 272 Å². The summed E-state index contributed by atoms with van der Waals surface area (Å²) in [6.45, 7) is 17.6. The number of fused-ring (bicyclic) bond motifs is 3. The summed E-state index contributed by atoms with van der Waals surface area (Å²) < 4.78 is 31.4. The lowest BCUT2D eigenvalue weighted by atomic mass is 10.0. The van der Waals surface area contributed by atoms with E-state index in [2.05, 4.69) is 0 Å². The Hall–Kier alpha value is -6.28. The highest BCUT2D eigenvalue weighted by molar-refractivity contribution is 6.04. The van der Waals surface area contributed by atoms with E-state index in [4.69, 9.17) is 51.4 Å². The highest BCUT2D eigenvalue weighted by atomic mass is 16.7. The van der Waals surface area contributed by atoms with E-state index in [1.807, 2.05) is 34.6 Å². The molecule has 6 atom stereocenters. The van der Waals surface area contributed by atoms with Crippen LogP contribution in [0.2, 0.25) is 0 Å². The molecule has 0 aliphatic carbocycles. The molecule has 19 nitrogen and oxygen atoms in total. The molecule has 19 heteroatoms. The van der Waals surface area contributed by atoms with Crippen LogP contribution in [0.4, 0.5) is 0 Å². The van der Waals surface area contributed by atoms with Gasteiger partial charge in [0.15, 0.2) is 51.8 Å². The summed E-state index contributed by atoms with van der Waals surface area (Å²) in [5.74, 6) is 2.63. The molecule has 68 heavy (non-hydrogen) atoms. The number of carbonyl (C=O) groups is 6. The lowest BCUT2D eigenvalue weighted by molar-refractivity contribution is -0.133. The summed E-state index contributed by atoms with van der Waals surface area (Å²) in [5.41, 5.74) is 23.6. The summed E-state index contributed by atoms with van der Waals surface area (Å²) in [5, 5.41) is 0. The van der Waals surface area contributed by atoms with E-state index in [1.165, 1.54) is 14.7 Å². The van der Waals surface area contributed by atoms with Gasteiger partial charge in [-0.25, -0.2) is 0 Å². The third-order valence-corrected chi connectivity index (χ3v) is 11.3. The van der Waals surface area contributed by atoms with E-state index in [0.717, 1.165) is 6.54 Å². The average molecular weight is 950 g/mol. The van der Waals surface area contributed by atoms with Crippen LogP contribution in [0.3, 0.4) is 0 Å². The maximum absolute atomic E-state index is 12.6. The molecule has 3 heterocycles. The van der Waals surface area contributed by atoms with Gasteiger partial charge in [-0.2, -0.15) is 0 Å². The molecule has 3 aromatic rings. The number of Topliss-reactive ketones (excluding diaryl/α,β-unsaturated/α-hetero) is 3. The Bertz CT molecular complexity index is 2240. The van der Waals surface area contributed by atoms with Crippen molar-refractivity contribution in [1.29, 1.82) is 0 Å². The molecule has 0 saturated heterocycles. The van der Waals surface area contributed by atoms with Crippen molar-refractivity contribution in [2.24, 2.45) is 34.8 Å². The van der Waals surface area contributed by atoms with Crippen LogP contribution in [0, 0.1) is 11.8 Å². The predicted molar refractivity (Wildman–Crippen MR) is 256 cm³/mol. The fourth-order valence-electron chi connectivity index (χ4n) is 6.68. The number of nitrogens with two attached hydrogens (primary N) is 4. The number of amides is 3. The number of ether oxygens (including phenoxy) is 6. The van der Waals surface area contributed by atoms with Crippen molar-refractivity contribution in [1.82, 2.24) is 14.7 Å². The van der Waals surface area contributed by atoms with Gasteiger partial charge in [-0.05, 0) is 107 Å². The van der Waals surface area contributed by atoms with Crippen LogP contribution in [-0.2, 0) is 14.4 Å². The van der Waals surface area contributed by atoms with Crippen LogP contribution in [0.15, 0.2) is 54.6 Å². The number of benzene rings is 3. The summed E-state index contributed by atoms with van der Waals surface area (Å²) in [6, 6.07) is 11.4. The number of likely N-dealkylation sites (N-methyl/N-ethyl adjacent to an activating group) is 3. The summed E-state index contributed by atoms with van der Waals surface area (Å²) in [4.78, 5) is 78.1. The van der Waals surface area contributed by atoms with Gasteiger partial charge in [0.2, 0.25) is 38.1 Å². The highest BCUT2D eigenvalue weighted by Crippen LogP contribution is 2.35. The Morgan fingerprint density at radius 2 is 0.794 bits per heavy atom. The molecule has 0 saturated carbocycles. The number of hydrogen-bond acceptors (Lipinski definition) is 16. The van der Waals surface area contributed by atoms with Crippen molar-refractivity contribution in [3.05, 3.63) is 71.3 Å². The minimum atomic E-state index is -0.632. The Morgan fingerprint density at radius 3 is 1.09 bits per heavy atom. The molecule has 6 rings (SSSR count). The van der Waals surface area contributed by atoms with Crippen LogP contribution in [0.5, 0.6) is 34.5 Å². The second-order valence-electron chi connectivity index (χ2n) is 17.4. The lowest BCUT2D eigenvalue weighted by Gasteiger charge is -2.28. The largest absolute Gasteiger partial charge is 0.454 e. The van der Waals surface area contributed by atoms with Gasteiger partial charge in [0.25, 0.3) is 0 Å². The second kappa shape index (κ2) is 25.7. The van der Waals surface area contributed by atoms with Gasteiger partial charge in [0.05, 0.1) is 36.3 Å². The fraction of sp³-hybridized carbons (Fsp3) is 0.510. The third kappa shape index (κ3) is 14.6. The molecule has 3 aromatic carbocycles. The van der Waals surface area contributed by atoms with E-state index in [1.54, 1.807) is 103 Å². The summed E-state index contributed by atoms with van der Waals surface area (Å²) in [6.07, 6.45) is 0.591. The zero-order chi connectivity index (χ0) is 51.2. The Morgan fingerprint density at radius 1 is 0.500 bits per heavy atom. The molecule has 3 aliphatic heterocycles. The molecule has 0 aromatic heterocycles. The molecule has 0 spiro atoms. The minimum Gasteiger partial charge on any atom is -0.454 e. The van der Waals surface area contributed by atoms with Crippen LogP contribution in [0.1, 0.15) is 99.8 Å². The first-order valence-corrected chi connectivity index (χ1v) is 22.5. The lowest BCUT2D eigenvalue weighted by Crippen LogP contribution is -2.50. The Balaban J connectivity index is 0.000000263. The molecule has 8 N–H and O–H groups in total. The zero-order valence-electron chi connectivity index (χ0n) is 41.4. The number of hydrogen-bond donors (Lipinski definition) is 4. The SMILES string of the molecule is CC(C)C(N)C(=O)N(C)C(C)C(=O)c1ccc2c(c1)OCO2.CC(C)CC(N)C(=O)N(C)C(C)C(=O)c1ccc2c(c1)OCO2.CC(N)C(=O)N(C)C(C)C(=O)c1ccc2c(c1)OCO2.CCN. The summed E-state index contributed by atoms with van der Waals surface area (Å²) in [7, 11) is 4.78. The maximum Gasteiger partial charge on any atom is 0.240 e. The molecular weight excluding hydrogens is 879 g/mol. The van der Waals surface area contributed by atoms with Crippen LogP contribution >= 0.6 is 0 Å². The van der Waals surface area contributed by atoms with Crippen LogP contribution in [-0.4, -0.2) is 134 Å². The van der Waals surface area contributed by atoms with E-state index < -0.39 is 36.3 Å². The van der Waals surface area contributed by atoms with Gasteiger partial charge in [-0.15, -0.1) is 0 Å². The van der Waals surface area contributed by atoms with Gasteiger partial charge in [-0.3, -0.25) is 28.8 Å². The van der Waals surface area contributed by atoms with E-state index in [-0.39, 0.29) is 61.4 Å². The average Bonchev–Trinajstić information content (AvgIpc) is 4.12. The van der Waals surface area contributed by atoms with E-state index in [9.17, 15) is 28.8 Å². The van der Waals surface area contributed by atoms with Gasteiger partial charge in [-0.1, -0.05) is 34.6 Å². The Labute approximate surface area is 399 Å². The standard InChI is InChI=1S/C17H24N2O4.C16H22N2O4.C14H18N2O4.C2H7N/c1-10(2)7-13(18)17(21)19(4)11(3)16(20)12-5-6-14-15(8-12)23-9-22-14;1-9(2)14(17)16(20)18(4)10(3)15(19)11-5-6-12-13(7-11)22-8-21-12;1-8(15)14(18)16(3)9(2)13(17)10-4-5-11-12(6-10)20-7-19-11;1-2-3/h5-6,8,10-11,13H,7,9,18H2,1-4H3;5-7,9-10,14H,8,17H2,1-4H3;4-6,8-9H,7,15H2,1-3H3;2-3H2,1H3. The van der Waals surface area contributed by atoms with Crippen molar-refractivity contribution in [2.45, 2.75) is 105 Å². The highest BCUT2D eigenvalue weighted by Gasteiger charge is 2.31. The molecule has 0 bridgehead atoms. The van der Waals surface area contributed by atoms with Crippen molar-refractivity contribution >= 4 is 35.1 Å². The number of nitrogens with zero attached hydrogens (tertiary/aromatic N) is 3. The molecule has 6 unspecified atom stereocenters. The van der Waals surface area contributed by atoms with Gasteiger partial charge in [0.1, 0.15) is 0 Å². The zero-order valence-corrected chi connectivity index (χ0v) is 41.4. The molecule has 3 aliphatic rings. The first kappa shape index (κ1) is 56.0. The van der Waals surface area contributed by atoms with Crippen molar-refractivity contribution < 1.29 is 57.2 Å². The van der Waals surface area contributed by atoms with E-state index in [0.29, 0.717) is 63.5 Å². The fourth-order valence-corrected chi connectivity index (χ4v) is 6.68. The normalized spacial score (nSPS) is 15.1. The maximum atomic E-state index is 12.6. The van der Waals surface area contributed by atoms with Gasteiger partial charge < -0.3 is 66.1 Å². The van der Waals surface area contributed by atoms with Crippen molar-refractivity contribution in [3.8, 4) is 34.5 Å². The quantitative estimate of drug-likeness (QED) is 0.157. The minimum absolute atomic E-state index is 0.0165. The first-order valence-electron chi connectivity index (χ1n) is 22.5. The molecule has 374 valence electrons. The van der Waals surface area contributed by atoms with Gasteiger partial charge in [0, 0.05) is 37.8 Å². The van der Waals surface area contributed by atoms with Crippen LogP contribution in [0.25, 0.3) is 0 Å². The van der Waals surface area contributed by atoms with Crippen molar-refractivity contribution in [3.63, 3.8) is 0 Å². The monoisotopic (exact) mass is 950 g/mol.